The lowest BCUT2D eigenvalue weighted by Gasteiger charge is -2.29. The molecule has 0 radical (unpaired) electrons. The predicted molar refractivity (Wildman–Crippen MR) is 61.5 cm³/mol. The second-order valence-electron chi connectivity index (χ2n) is 4.50. The number of aryl methyl sites for hydroxylation is 1. The van der Waals surface area contributed by atoms with E-state index in [0.717, 1.165) is 13.0 Å². The van der Waals surface area contributed by atoms with E-state index in [0.29, 0.717) is 5.82 Å². The van der Waals surface area contributed by atoms with Gasteiger partial charge < -0.3 is 14.6 Å². The molecular weight excluding hydrogens is 206 g/mol. The maximum absolute atomic E-state index is 11.8. The second-order valence-corrected chi connectivity index (χ2v) is 4.50. The molecule has 0 bridgehead atoms. The fraction of sp³-hybridized carbons (Fsp3) is 0.636. The quantitative estimate of drug-likeness (QED) is 0.804. The maximum atomic E-state index is 11.8. The molecule has 0 saturated carbocycles. The van der Waals surface area contributed by atoms with Gasteiger partial charge in [-0.3, -0.25) is 4.79 Å². The highest BCUT2D eigenvalue weighted by atomic mass is 16.5. The van der Waals surface area contributed by atoms with Gasteiger partial charge in [-0.15, -0.1) is 0 Å². The molecule has 1 aliphatic rings. The first-order chi connectivity index (χ1) is 7.53. The summed E-state index contributed by atoms with van der Waals surface area (Å²) >= 11 is 0. The molecule has 1 aliphatic heterocycles. The third kappa shape index (κ3) is 1.82. The van der Waals surface area contributed by atoms with Crippen LogP contribution in [0.2, 0.25) is 0 Å². The van der Waals surface area contributed by atoms with Gasteiger partial charge in [0.2, 0.25) is 0 Å². The minimum absolute atomic E-state index is 0.0826. The van der Waals surface area contributed by atoms with E-state index in [-0.39, 0.29) is 17.2 Å². The molecule has 1 aromatic rings. The van der Waals surface area contributed by atoms with Crippen molar-refractivity contribution in [2.45, 2.75) is 31.9 Å². The molecule has 1 N–H and O–H groups in total. The summed E-state index contributed by atoms with van der Waals surface area (Å²) in [4.78, 5) is 15.9. The molecule has 0 aromatic carbocycles. The zero-order valence-electron chi connectivity index (χ0n) is 9.86. The van der Waals surface area contributed by atoms with Crippen LogP contribution in [0.3, 0.4) is 0 Å². The second kappa shape index (κ2) is 3.90. The van der Waals surface area contributed by atoms with E-state index in [1.807, 2.05) is 6.92 Å². The Hall–Kier alpha value is -1.36. The van der Waals surface area contributed by atoms with Crippen molar-refractivity contribution in [3.8, 4) is 0 Å². The lowest BCUT2D eigenvalue weighted by atomic mass is 9.95. The molecule has 88 valence electrons. The molecule has 2 heterocycles. The van der Waals surface area contributed by atoms with Crippen LogP contribution in [0, 0.1) is 0 Å². The van der Waals surface area contributed by atoms with Crippen molar-refractivity contribution < 1.29 is 4.74 Å². The molecule has 1 aromatic heterocycles. The first-order valence-corrected chi connectivity index (χ1v) is 5.44. The van der Waals surface area contributed by atoms with Gasteiger partial charge in [-0.25, -0.2) is 4.98 Å². The Balaban J connectivity index is 2.27. The van der Waals surface area contributed by atoms with E-state index in [4.69, 9.17) is 4.74 Å². The van der Waals surface area contributed by atoms with Crippen LogP contribution in [-0.4, -0.2) is 27.8 Å². The molecule has 2 atom stereocenters. The van der Waals surface area contributed by atoms with Crippen molar-refractivity contribution in [2.75, 3.05) is 11.9 Å². The van der Waals surface area contributed by atoms with Crippen molar-refractivity contribution in [1.82, 2.24) is 9.55 Å². The molecule has 0 aliphatic carbocycles. The Morgan fingerprint density at radius 3 is 3.06 bits per heavy atom. The maximum Gasteiger partial charge on any atom is 0.293 e. The zero-order chi connectivity index (χ0) is 11.8. The van der Waals surface area contributed by atoms with Gasteiger partial charge in [0, 0.05) is 26.0 Å². The zero-order valence-corrected chi connectivity index (χ0v) is 9.86. The first kappa shape index (κ1) is 11.1. The van der Waals surface area contributed by atoms with Gasteiger partial charge in [0.25, 0.3) is 5.56 Å². The molecule has 1 saturated heterocycles. The number of nitrogens with one attached hydrogen (secondary N) is 1. The summed E-state index contributed by atoms with van der Waals surface area (Å²) in [5.41, 5.74) is -0.316. The Kier molecular flexibility index (Phi) is 2.71. The number of rotatable bonds is 2. The highest BCUT2D eigenvalue weighted by molar-refractivity contribution is 5.35. The third-order valence-electron chi connectivity index (χ3n) is 3.31. The van der Waals surface area contributed by atoms with Crippen molar-refractivity contribution in [3.63, 3.8) is 0 Å². The van der Waals surface area contributed by atoms with Crippen LogP contribution in [0.4, 0.5) is 5.82 Å². The van der Waals surface area contributed by atoms with Crippen molar-refractivity contribution in [3.05, 3.63) is 22.7 Å². The Bertz CT molecular complexity index is 443. The fourth-order valence-corrected chi connectivity index (χ4v) is 1.85. The van der Waals surface area contributed by atoms with Gasteiger partial charge in [-0.1, -0.05) is 0 Å². The number of hydrogen-bond acceptors (Lipinski definition) is 4. The van der Waals surface area contributed by atoms with Crippen LogP contribution >= 0.6 is 0 Å². The number of hydrogen-bond donors (Lipinski definition) is 1. The van der Waals surface area contributed by atoms with Crippen LogP contribution in [0.5, 0.6) is 0 Å². The average Bonchev–Trinajstić information content (AvgIpc) is 2.55. The average molecular weight is 223 g/mol. The van der Waals surface area contributed by atoms with Crippen molar-refractivity contribution in [1.29, 1.82) is 0 Å². The van der Waals surface area contributed by atoms with Crippen LogP contribution in [0.25, 0.3) is 0 Å². The lowest BCUT2D eigenvalue weighted by Crippen LogP contribution is -2.43. The lowest BCUT2D eigenvalue weighted by molar-refractivity contribution is 0.105. The summed E-state index contributed by atoms with van der Waals surface area (Å²) in [5, 5.41) is 3.21. The van der Waals surface area contributed by atoms with Gasteiger partial charge >= 0.3 is 0 Å². The SMILES string of the molecule is CC1OCCC1(C)Nc1nccn(C)c1=O. The van der Waals surface area contributed by atoms with Gasteiger partial charge in [0.15, 0.2) is 5.82 Å². The molecule has 5 nitrogen and oxygen atoms in total. The Morgan fingerprint density at radius 1 is 1.69 bits per heavy atom. The number of anilines is 1. The molecule has 2 unspecified atom stereocenters. The predicted octanol–water partition coefficient (Wildman–Crippen LogP) is 0.760. The summed E-state index contributed by atoms with van der Waals surface area (Å²) in [6.45, 7) is 4.78. The van der Waals surface area contributed by atoms with E-state index in [1.54, 1.807) is 19.4 Å². The van der Waals surface area contributed by atoms with E-state index >= 15 is 0 Å². The summed E-state index contributed by atoms with van der Waals surface area (Å²) in [7, 11) is 1.71. The Labute approximate surface area is 94.5 Å². The van der Waals surface area contributed by atoms with Crippen molar-refractivity contribution in [2.24, 2.45) is 7.05 Å². The van der Waals surface area contributed by atoms with Gasteiger partial charge in [0.05, 0.1) is 11.6 Å². The summed E-state index contributed by atoms with van der Waals surface area (Å²) < 4.78 is 7.02. The van der Waals surface area contributed by atoms with Crippen LogP contribution in [0.15, 0.2) is 17.2 Å². The first-order valence-electron chi connectivity index (χ1n) is 5.44. The third-order valence-corrected chi connectivity index (χ3v) is 3.31. The van der Waals surface area contributed by atoms with Crippen molar-refractivity contribution >= 4 is 5.82 Å². The van der Waals surface area contributed by atoms with Gasteiger partial charge in [-0.05, 0) is 20.3 Å². The summed E-state index contributed by atoms with van der Waals surface area (Å²) in [6.07, 6.45) is 4.23. The largest absolute Gasteiger partial charge is 0.376 e. The fourth-order valence-electron chi connectivity index (χ4n) is 1.85. The van der Waals surface area contributed by atoms with E-state index in [9.17, 15) is 4.79 Å². The molecule has 0 spiro atoms. The molecular formula is C11H17N3O2. The molecule has 5 heteroatoms. The monoisotopic (exact) mass is 223 g/mol. The number of ether oxygens (including phenoxy) is 1. The molecule has 0 amide bonds. The number of nitrogens with zero attached hydrogens (tertiary/aromatic N) is 2. The van der Waals surface area contributed by atoms with Gasteiger partial charge in [0.1, 0.15) is 0 Å². The smallest absolute Gasteiger partial charge is 0.293 e. The normalized spacial score (nSPS) is 29.3. The van der Waals surface area contributed by atoms with E-state index in [1.165, 1.54) is 4.57 Å². The van der Waals surface area contributed by atoms with Gasteiger partial charge in [-0.2, -0.15) is 0 Å². The minimum atomic E-state index is -0.208. The highest BCUT2D eigenvalue weighted by Gasteiger charge is 2.37. The van der Waals surface area contributed by atoms with Crippen LogP contribution in [0.1, 0.15) is 20.3 Å². The standard InChI is InChI=1S/C11H17N3O2/c1-8-11(2,4-7-16-8)13-9-10(15)14(3)6-5-12-9/h5-6,8H,4,7H2,1-3H3,(H,12,13). The van der Waals surface area contributed by atoms with Crippen LogP contribution in [-0.2, 0) is 11.8 Å². The molecule has 1 fully saturated rings. The van der Waals surface area contributed by atoms with E-state index < -0.39 is 0 Å². The minimum Gasteiger partial charge on any atom is -0.376 e. The van der Waals surface area contributed by atoms with E-state index in [2.05, 4.69) is 17.2 Å². The Morgan fingerprint density at radius 2 is 2.44 bits per heavy atom. The topological polar surface area (TPSA) is 56.1 Å². The number of aromatic nitrogens is 2. The molecule has 2 rings (SSSR count). The highest BCUT2D eigenvalue weighted by Crippen LogP contribution is 2.27. The molecule has 16 heavy (non-hydrogen) atoms. The summed E-state index contributed by atoms with van der Waals surface area (Å²) in [6, 6.07) is 0. The summed E-state index contributed by atoms with van der Waals surface area (Å²) in [5.74, 6) is 0.393. The van der Waals surface area contributed by atoms with Crippen LogP contribution < -0.4 is 10.9 Å².